The molecule has 1 aliphatic rings. The van der Waals surface area contributed by atoms with Crippen LogP contribution in [-0.2, 0) is 5.54 Å². The summed E-state index contributed by atoms with van der Waals surface area (Å²) in [5.74, 6) is -0.0104. The van der Waals surface area contributed by atoms with Gasteiger partial charge in [0.15, 0.2) is 5.17 Å². The number of anilines is 1. The first-order valence-corrected chi connectivity index (χ1v) is 8.74. The van der Waals surface area contributed by atoms with Gasteiger partial charge in [-0.25, -0.2) is 14.4 Å². The molecule has 130 valence electrons. The summed E-state index contributed by atoms with van der Waals surface area (Å²) in [7, 11) is 0. The molecule has 6 nitrogen and oxygen atoms in total. The second-order valence-corrected chi connectivity index (χ2v) is 7.14. The Bertz CT molecular complexity index is 857. The molecule has 3 N–H and O–H groups in total. The van der Waals surface area contributed by atoms with E-state index in [9.17, 15) is 9.18 Å². The van der Waals surface area contributed by atoms with Crippen LogP contribution < -0.4 is 11.1 Å². The number of rotatable bonds is 3. The van der Waals surface area contributed by atoms with Crippen LogP contribution in [0.4, 0.5) is 10.1 Å². The van der Waals surface area contributed by atoms with E-state index in [4.69, 9.17) is 5.73 Å². The lowest BCUT2D eigenvalue weighted by Gasteiger charge is -2.28. The van der Waals surface area contributed by atoms with Crippen molar-refractivity contribution in [2.75, 3.05) is 11.1 Å². The summed E-state index contributed by atoms with van der Waals surface area (Å²) >= 11 is 1.52. The predicted molar refractivity (Wildman–Crippen MR) is 97.2 cm³/mol. The monoisotopic (exact) mass is 359 g/mol. The highest BCUT2D eigenvalue weighted by Crippen LogP contribution is 2.34. The Labute approximate surface area is 149 Å². The average Bonchev–Trinajstić information content (AvgIpc) is 2.54. The maximum absolute atomic E-state index is 13.1. The number of thioether (sulfide) groups is 1. The third-order valence-corrected chi connectivity index (χ3v) is 4.82. The van der Waals surface area contributed by atoms with E-state index in [1.165, 1.54) is 17.8 Å². The molecule has 2 aromatic heterocycles. The van der Waals surface area contributed by atoms with Crippen LogP contribution in [0.25, 0.3) is 0 Å². The van der Waals surface area contributed by atoms with Crippen molar-refractivity contribution in [1.29, 1.82) is 0 Å². The smallest absolute Gasteiger partial charge is 0.274 e. The lowest BCUT2D eigenvalue weighted by molar-refractivity contribution is 0.102. The number of hydrogen-bond acceptors (Lipinski definition) is 6. The molecule has 0 spiro atoms. The number of pyridine rings is 2. The normalized spacial score (nSPS) is 20.0. The van der Waals surface area contributed by atoms with Crippen molar-refractivity contribution in [3.8, 4) is 0 Å². The Balaban J connectivity index is 1.85. The molecule has 0 aliphatic carbocycles. The highest BCUT2D eigenvalue weighted by Gasteiger charge is 2.31. The highest BCUT2D eigenvalue weighted by atomic mass is 32.2. The first-order chi connectivity index (χ1) is 11.9. The lowest BCUT2D eigenvalue weighted by Crippen LogP contribution is -2.29. The van der Waals surface area contributed by atoms with Gasteiger partial charge < -0.3 is 11.1 Å². The van der Waals surface area contributed by atoms with Crippen LogP contribution in [0.1, 0.15) is 35.1 Å². The van der Waals surface area contributed by atoms with Gasteiger partial charge in [0.05, 0.1) is 11.9 Å². The van der Waals surface area contributed by atoms with Gasteiger partial charge in [0.1, 0.15) is 17.1 Å². The Morgan fingerprint density at radius 3 is 2.92 bits per heavy atom. The minimum atomic E-state index is -0.514. The first kappa shape index (κ1) is 17.3. The number of nitrogens with two attached hydrogens (primary N) is 1. The summed E-state index contributed by atoms with van der Waals surface area (Å²) < 4.78 is 13.1. The molecule has 3 rings (SSSR count). The molecular weight excluding hydrogens is 341 g/mol. The van der Waals surface area contributed by atoms with Crippen LogP contribution in [0.3, 0.4) is 0 Å². The molecule has 25 heavy (non-hydrogen) atoms. The van der Waals surface area contributed by atoms with Gasteiger partial charge in [0.2, 0.25) is 0 Å². The molecule has 0 unspecified atom stereocenters. The Kier molecular flexibility index (Phi) is 4.71. The average molecular weight is 359 g/mol. The quantitative estimate of drug-likeness (QED) is 0.879. The summed E-state index contributed by atoms with van der Waals surface area (Å²) in [4.78, 5) is 25.2. The number of amides is 1. The minimum Gasteiger partial charge on any atom is -0.379 e. The summed E-state index contributed by atoms with van der Waals surface area (Å²) in [5, 5.41) is 3.32. The van der Waals surface area contributed by atoms with E-state index in [-0.39, 0.29) is 5.69 Å². The molecule has 0 fully saturated rings. The van der Waals surface area contributed by atoms with E-state index < -0.39 is 17.3 Å². The standard InChI is InChI=1S/C17H18FN5OS/c1-10-7-11(18)9-21-14(10)15(24)22-12-3-5-20-13(8-12)17(2)4-6-25-16(19)23-17/h3,5,7-9H,4,6H2,1-2H3,(H2,19,23)(H,20,22,24)/t17-/m0/s1. The van der Waals surface area contributed by atoms with Crippen LogP contribution in [0.15, 0.2) is 35.6 Å². The largest absolute Gasteiger partial charge is 0.379 e. The number of carbonyl (C=O) groups is 1. The molecule has 2 aromatic rings. The Hall–Kier alpha value is -2.48. The van der Waals surface area contributed by atoms with Gasteiger partial charge in [-0.15, -0.1) is 0 Å². The maximum atomic E-state index is 13.1. The van der Waals surface area contributed by atoms with Gasteiger partial charge in [-0.05, 0) is 44.0 Å². The fourth-order valence-corrected chi connectivity index (χ4v) is 3.62. The number of carbonyl (C=O) groups excluding carboxylic acids is 1. The number of amidine groups is 1. The summed E-state index contributed by atoms with van der Waals surface area (Å²) in [6.07, 6.45) is 3.45. The number of aromatic nitrogens is 2. The SMILES string of the molecule is Cc1cc(F)cnc1C(=O)Nc1ccnc([C@]2(C)CCSC(N)=N2)c1. The van der Waals surface area contributed by atoms with E-state index in [1.807, 2.05) is 6.92 Å². The fourth-order valence-electron chi connectivity index (χ4n) is 2.64. The summed E-state index contributed by atoms with van der Waals surface area (Å²) in [6.45, 7) is 3.61. The molecule has 0 saturated heterocycles. The third-order valence-electron chi connectivity index (χ3n) is 4.03. The molecule has 1 atom stereocenters. The molecule has 3 heterocycles. The van der Waals surface area contributed by atoms with Crippen molar-refractivity contribution in [3.63, 3.8) is 0 Å². The second-order valence-electron chi connectivity index (χ2n) is 6.03. The molecule has 0 radical (unpaired) electrons. The van der Waals surface area contributed by atoms with Crippen molar-refractivity contribution in [1.82, 2.24) is 9.97 Å². The van der Waals surface area contributed by atoms with Crippen LogP contribution in [0.5, 0.6) is 0 Å². The van der Waals surface area contributed by atoms with Gasteiger partial charge in [-0.1, -0.05) is 11.8 Å². The number of aryl methyl sites for hydroxylation is 1. The van der Waals surface area contributed by atoms with Gasteiger partial charge in [0.25, 0.3) is 5.91 Å². The Morgan fingerprint density at radius 1 is 1.40 bits per heavy atom. The molecule has 0 aromatic carbocycles. The molecule has 0 saturated carbocycles. The molecule has 1 aliphatic heterocycles. The van der Waals surface area contributed by atoms with Crippen molar-refractivity contribution in [2.45, 2.75) is 25.8 Å². The van der Waals surface area contributed by atoms with Gasteiger partial charge in [-0.2, -0.15) is 0 Å². The van der Waals surface area contributed by atoms with Crippen LogP contribution in [-0.4, -0.2) is 26.8 Å². The van der Waals surface area contributed by atoms with Crippen LogP contribution >= 0.6 is 11.8 Å². The van der Waals surface area contributed by atoms with Crippen molar-refractivity contribution in [2.24, 2.45) is 10.7 Å². The van der Waals surface area contributed by atoms with Crippen LogP contribution in [0.2, 0.25) is 0 Å². The van der Waals surface area contributed by atoms with Gasteiger partial charge in [0, 0.05) is 17.6 Å². The van der Waals surface area contributed by atoms with E-state index in [1.54, 1.807) is 25.3 Å². The molecule has 8 heteroatoms. The molecule has 0 bridgehead atoms. The fraction of sp³-hybridized carbons (Fsp3) is 0.294. The van der Waals surface area contributed by atoms with E-state index in [0.29, 0.717) is 16.4 Å². The zero-order valence-corrected chi connectivity index (χ0v) is 14.7. The number of nitrogens with one attached hydrogen (secondary N) is 1. The van der Waals surface area contributed by atoms with E-state index in [2.05, 4.69) is 20.3 Å². The summed E-state index contributed by atoms with van der Waals surface area (Å²) in [5.41, 5.74) is 7.30. The molecular formula is C17H18FN5OS. The van der Waals surface area contributed by atoms with Crippen LogP contribution in [0, 0.1) is 12.7 Å². The van der Waals surface area contributed by atoms with Gasteiger partial charge >= 0.3 is 0 Å². The number of halogens is 1. The van der Waals surface area contributed by atoms with Gasteiger partial charge in [-0.3, -0.25) is 9.78 Å². The number of nitrogens with zero attached hydrogens (tertiary/aromatic N) is 3. The molecule has 1 amide bonds. The van der Waals surface area contributed by atoms with Crippen molar-refractivity contribution < 1.29 is 9.18 Å². The maximum Gasteiger partial charge on any atom is 0.274 e. The minimum absolute atomic E-state index is 0.183. The zero-order valence-electron chi connectivity index (χ0n) is 13.9. The number of aliphatic imine (C=N–C) groups is 1. The van der Waals surface area contributed by atoms with E-state index >= 15 is 0 Å². The lowest BCUT2D eigenvalue weighted by atomic mass is 9.94. The predicted octanol–water partition coefficient (Wildman–Crippen LogP) is 2.84. The topological polar surface area (TPSA) is 93.3 Å². The van der Waals surface area contributed by atoms with Crippen molar-refractivity contribution >= 4 is 28.5 Å². The zero-order chi connectivity index (χ0) is 18.0. The second kappa shape index (κ2) is 6.79. The van der Waals surface area contributed by atoms with E-state index in [0.717, 1.165) is 24.1 Å². The Morgan fingerprint density at radius 2 is 2.20 bits per heavy atom. The van der Waals surface area contributed by atoms with Crippen molar-refractivity contribution in [3.05, 3.63) is 53.4 Å². The summed E-state index contributed by atoms with van der Waals surface area (Å²) in [6, 6.07) is 4.75. The third kappa shape index (κ3) is 3.79. The number of hydrogen-bond donors (Lipinski definition) is 2. The highest BCUT2D eigenvalue weighted by molar-refractivity contribution is 8.13. The first-order valence-electron chi connectivity index (χ1n) is 7.75.